The maximum Gasteiger partial charge on any atom is 0.411 e. The van der Waals surface area contributed by atoms with E-state index in [1.54, 1.807) is 10.3 Å². The van der Waals surface area contributed by atoms with E-state index in [-0.39, 0.29) is 12.5 Å². The van der Waals surface area contributed by atoms with Crippen molar-refractivity contribution in [3.8, 4) is 10.6 Å². The fraction of sp³-hybridized carbons (Fsp3) is 0.474. The van der Waals surface area contributed by atoms with E-state index in [9.17, 15) is 18.0 Å². The third-order valence-electron chi connectivity index (χ3n) is 4.43. The third kappa shape index (κ3) is 6.02. The normalized spacial score (nSPS) is 15.8. The van der Waals surface area contributed by atoms with Gasteiger partial charge in [0, 0.05) is 50.3 Å². The van der Waals surface area contributed by atoms with Crippen molar-refractivity contribution in [1.82, 2.24) is 14.8 Å². The van der Waals surface area contributed by atoms with E-state index < -0.39 is 12.8 Å². The van der Waals surface area contributed by atoms with Gasteiger partial charge in [-0.15, -0.1) is 11.3 Å². The lowest BCUT2D eigenvalue weighted by Gasteiger charge is -2.34. The standard InChI is InChI=1S/C19H22F3N3O2S/c20-19(21,22)14-27-12-4-7-24-8-10-25(11-9-24)18(26)16-13-28-17(23-16)15-5-2-1-3-6-15/h1-3,5-6,13H,4,7-12,14H2. The number of aromatic nitrogens is 1. The van der Waals surface area contributed by atoms with Crippen LogP contribution in [0.1, 0.15) is 16.9 Å². The van der Waals surface area contributed by atoms with Crippen LogP contribution in [-0.4, -0.2) is 72.8 Å². The minimum atomic E-state index is -4.28. The van der Waals surface area contributed by atoms with E-state index in [2.05, 4.69) is 14.6 Å². The number of amides is 1. The van der Waals surface area contributed by atoms with E-state index in [1.165, 1.54) is 11.3 Å². The van der Waals surface area contributed by atoms with Crippen molar-refractivity contribution in [2.24, 2.45) is 0 Å². The Morgan fingerprint density at radius 2 is 1.86 bits per heavy atom. The maximum atomic E-state index is 12.7. The van der Waals surface area contributed by atoms with E-state index >= 15 is 0 Å². The quantitative estimate of drug-likeness (QED) is 0.652. The minimum absolute atomic E-state index is 0.0772. The van der Waals surface area contributed by atoms with Crippen molar-refractivity contribution in [3.05, 3.63) is 41.4 Å². The molecule has 1 aliphatic rings. The van der Waals surface area contributed by atoms with Crippen molar-refractivity contribution < 1.29 is 22.7 Å². The molecule has 5 nitrogen and oxygen atoms in total. The maximum absolute atomic E-state index is 12.7. The van der Waals surface area contributed by atoms with Crippen LogP contribution in [0.5, 0.6) is 0 Å². The summed E-state index contributed by atoms with van der Waals surface area (Å²) in [5.41, 5.74) is 1.45. The van der Waals surface area contributed by atoms with Crippen LogP contribution >= 0.6 is 11.3 Å². The van der Waals surface area contributed by atoms with Crippen molar-refractivity contribution in [3.63, 3.8) is 0 Å². The molecule has 0 bridgehead atoms. The number of benzene rings is 1. The Balaban J connectivity index is 1.41. The summed E-state index contributed by atoms with van der Waals surface area (Å²) in [6.07, 6.45) is -3.74. The molecular formula is C19H22F3N3O2S. The molecule has 2 heterocycles. The Bertz CT molecular complexity index is 759. The van der Waals surface area contributed by atoms with Crippen LogP contribution in [0.15, 0.2) is 35.7 Å². The molecule has 1 aromatic heterocycles. The van der Waals surface area contributed by atoms with Crippen molar-refractivity contribution >= 4 is 17.2 Å². The summed E-state index contributed by atoms with van der Waals surface area (Å²) < 4.78 is 40.7. The van der Waals surface area contributed by atoms with Crippen molar-refractivity contribution in [1.29, 1.82) is 0 Å². The number of carbonyl (C=O) groups excluding carboxylic acids is 1. The highest BCUT2D eigenvalue weighted by molar-refractivity contribution is 7.13. The summed E-state index contributed by atoms with van der Waals surface area (Å²) >= 11 is 1.45. The lowest BCUT2D eigenvalue weighted by molar-refractivity contribution is -0.174. The van der Waals surface area contributed by atoms with Crippen LogP contribution in [0, 0.1) is 0 Å². The number of ether oxygens (including phenoxy) is 1. The molecule has 152 valence electrons. The van der Waals surface area contributed by atoms with Gasteiger partial charge in [0.25, 0.3) is 5.91 Å². The van der Waals surface area contributed by atoms with E-state index in [1.807, 2.05) is 30.3 Å². The number of piperazine rings is 1. The van der Waals surface area contributed by atoms with Gasteiger partial charge in [-0.1, -0.05) is 30.3 Å². The van der Waals surface area contributed by atoms with Crippen molar-refractivity contribution in [2.75, 3.05) is 45.9 Å². The summed E-state index contributed by atoms with van der Waals surface area (Å²) in [6, 6.07) is 9.73. The highest BCUT2D eigenvalue weighted by Gasteiger charge is 2.27. The number of rotatable bonds is 7. The summed E-state index contributed by atoms with van der Waals surface area (Å²) in [7, 11) is 0. The Kier molecular flexibility index (Phi) is 7.03. The molecule has 3 rings (SSSR count). The fourth-order valence-corrected chi connectivity index (χ4v) is 3.80. The molecule has 1 fully saturated rings. The van der Waals surface area contributed by atoms with E-state index in [0.29, 0.717) is 44.8 Å². The molecule has 28 heavy (non-hydrogen) atoms. The van der Waals surface area contributed by atoms with Crippen LogP contribution in [0.25, 0.3) is 10.6 Å². The van der Waals surface area contributed by atoms with Crippen LogP contribution in [0.2, 0.25) is 0 Å². The summed E-state index contributed by atoms with van der Waals surface area (Å²) in [5, 5.41) is 2.61. The number of halogens is 3. The van der Waals surface area contributed by atoms with Gasteiger partial charge >= 0.3 is 6.18 Å². The average molecular weight is 413 g/mol. The van der Waals surface area contributed by atoms with Gasteiger partial charge in [0.05, 0.1) is 0 Å². The number of nitrogens with zero attached hydrogens (tertiary/aromatic N) is 3. The second-order valence-corrected chi connectivity index (χ2v) is 7.42. The van der Waals surface area contributed by atoms with Crippen LogP contribution in [0.3, 0.4) is 0 Å². The molecule has 2 aromatic rings. The third-order valence-corrected chi connectivity index (χ3v) is 5.32. The summed E-state index contributed by atoms with van der Waals surface area (Å²) in [5.74, 6) is -0.0772. The molecular weight excluding hydrogens is 391 g/mol. The molecule has 9 heteroatoms. The summed E-state index contributed by atoms with van der Waals surface area (Å²) in [6.45, 7) is 2.10. The Labute approximate surface area is 165 Å². The zero-order valence-electron chi connectivity index (χ0n) is 15.3. The lowest BCUT2D eigenvalue weighted by atomic mass is 10.2. The van der Waals surface area contributed by atoms with Gasteiger partial charge in [0.2, 0.25) is 0 Å². The summed E-state index contributed by atoms with van der Waals surface area (Å²) in [4.78, 5) is 21.1. The first kappa shape index (κ1) is 20.8. The Hall–Kier alpha value is -1.97. The first-order chi connectivity index (χ1) is 13.4. The van der Waals surface area contributed by atoms with Crippen molar-refractivity contribution in [2.45, 2.75) is 12.6 Å². The van der Waals surface area contributed by atoms with Gasteiger partial charge in [-0.05, 0) is 6.42 Å². The SMILES string of the molecule is O=C(c1csc(-c2ccccc2)n1)N1CCN(CCCOCC(F)(F)F)CC1. The highest BCUT2D eigenvalue weighted by Crippen LogP contribution is 2.24. The molecule has 0 spiro atoms. The zero-order chi connectivity index (χ0) is 20.0. The van der Waals surface area contributed by atoms with Gasteiger partial charge < -0.3 is 9.64 Å². The van der Waals surface area contributed by atoms with Crippen LogP contribution in [-0.2, 0) is 4.74 Å². The lowest BCUT2D eigenvalue weighted by Crippen LogP contribution is -2.49. The number of carbonyl (C=O) groups is 1. The molecule has 1 aromatic carbocycles. The van der Waals surface area contributed by atoms with Gasteiger partial charge in [0.1, 0.15) is 17.3 Å². The number of hydrogen-bond acceptors (Lipinski definition) is 5. The smallest absolute Gasteiger partial charge is 0.372 e. The first-order valence-electron chi connectivity index (χ1n) is 9.09. The molecule has 0 N–H and O–H groups in total. The monoisotopic (exact) mass is 413 g/mol. The Morgan fingerprint density at radius 3 is 2.54 bits per heavy atom. The van der Waals surface area contributed by atoms with Crippen LogP contribution < -0.4 is 0 Å². The molecule has 0 saturated carbocycles. The van der Waals surface area contributed by atoms with Gasteiger partial charge in [0.15, 0.2) is 0 Å². The van der Waals surface area contributed by atoms with Gasteiger partial charge in [-0.25, -0.2) is 4.98 Å². The molecule has 1 amide bonds. The predicted octanol–water partition coefficient (Wildman–Crippen LogP) is 3.54. The second-order valence-electron chi connectivity index (χ2n) is 6.56. The minimum Gasteiger partial charge on any atom is -0.372 e. The largest absolute Gasteiger partial charge is 0.411 e. The van der Waals surface area contributed by atoms with Gasteiger partial charge in [-0.2, -0.15) is 13.2 Å². The number of thiazole rings is 1. The number of hydrogen-bond donors (Lipinski definition) is 0. The van der Waals surface area contributed by atoms with Gasteiger partial charge in [-0.3, -0.25) is 9.69 Å². The van der Waals surface area contributed by atoms with Crippen LogP contribution in [0.4, 0.5) is 13.2 Å². The second kappa shape index (κ2) is 9.49. The molecule has 1 saturated heterocycles. The van der Waals surface area contributed by atoms with E-state index in [0.717, 1.165) is 10.6 Å². The first-order valence-corrected chi connectivity index (χ1v) is 9.97. The molecule has 1 aliphatic heterocycles. The zero-order valence-corrected chi connectivity index (χ0v) is 16.1. The average Bonchev–Trinajstić information content (AvgIpc) is 3.18. The fourth-order valence-electron chi connectivity index (χ4n) is 3.00. The predicted molar refractivity (Wildman–Crippen MR) is 101 cm³/mol. The topological polar surface area (TPSA) is 45.7 Å². The highest BCUT2D eigenvalue weighted by atomic mass is 32.1. The molecule has 0 atom stereocenters. The van der Waals surface area contributed by atoms with E-state index in [4.69, 9.17) is 0 Å². The molecule has 0 aliphatic carbocycles. The number of alkyl halides is 3. The molecule has 0 radical (unpaired) electrons. The Morgan fingerprint density at radius 1 is 1.14 bits per heavy atom. The molecule has 0 unspecified atom stereocenters.